The summed E-state index contributed by atoms with van der Waals surface area (Å²) < 4.78 is 2.09. The second-order valence-electron chi connectivity index (χ2n) is 6.09. The first-order chi connectivity index (χ1) is 10.4. The van der Waals surface area contributed by atoms with Gasteiger partial charge in [0.15, 0.2) is 0 Å². The van der Waals surface area contributed by atoms with Crippen molar-refractivity contribution in [1.82, 2.24) is 15.1 Å². The van der Waals surface area contributed by atoms with E-state index in [0.717, 1.165) is 32.5 Å². The first kappa shape index (κ1) is 14.3. The second kappa shape index (κ2) is 6.90. The molecule has 2 heterocycles. The van der Waals surface area contributed by atoms with Crippen LogP contribution in [-0.2, 0) is 13.0 Å². The van der Waals surface area contributed by atoms with E-state index in [-0.39, 0.29) is 0 Å². The molecular weight excluding hydrogens is 258 g/mol. The molecule has 2 atom stereocenters. The van der Waals surface area contributed by atoms with E-state index in [1.165, 1.54) is 17.5 Å². The normalized spacial score (nSPS) is 22.3. The summed E-state index contributed by atoms with van der Waals surface area (Å²) in [5.41, 5.74) is 2.86. The highest BCUT2D eigenvalue weighted by atomic mass is 15.3. The number of piperidine rings is 1. The lowest BCUT2D eigenvalue weighted by Gasteiger charge is -2.31. The Balaban J connectivity index is 1.74. The van der Waals surface area contributed by atoms with Crippen LogP contribution in [0, 0.1) is 5.92 Å². The van der Waals surface area contributed by atoms with Crippen LogP contribution in [0.25, 0.3) is 0 Å². The number of nitrogens with one attached hydrogen (secondary N) is 1. The zero-order valence-corrected chi connectivity index (χ0v) is 12.8. The van der Waals surface area contributed by atoms with E-state index in [4.69, 9.17) is 0 Å². The highest BCUT2D eigenvalue weighted by molar-refractivity contribution is 5.19. The monoisotopic (exact) mass is 283 g/mol. The first-order valence-electron chi connectivity index (χ1n) is 8.14. The van der Waals surface area contributed by atoms with Gasteiger partial charge in [-0.2, -0.15) is 5.10 Å². The van der Waals surface area contributed by atoms with Gasteiger partial charge in [-0.25, -0.2) is 0 Å². The quantitative estimate of drug-likeness (QED) is 0.913. The van der Waals surface area contributed by atoms with Gasteiger partial charge in [0, 0.05) is 12.7 Å². The van der Waals surface area contributed by atoms with Crippen LogP contribution in [0.3, 0.4) is 0 Å². The van der Waals surface area contributed by atoms with Gasteiger partial charge in [0.2, 0.25) is 0 Å². The molecule has 0 radical (unpaired) electrons. The Kier molecular flexibility index (Phi) is 4.71. The lowest BCUT2D eigenvalue weighted by atomic mass is 9.79. The third-order valence-electron chi connectivity index (χ3n) is 4.48. The summed E-state index contributed by atoms with van der Waals surface area (Å²) in [6.07, 6.45) is 7.86. The largest absolute Gasteiger partial charge is 0.316 e. The molecule has 3 heteroatoms. The van der Waals surface area contributed by atoms with E-state index in [0.29, 0.717) is 11.8 Å². The molecular formula is C18H25N3. The van der Waals surface area contributed by atoms with Gasteiger partial charge in [-0.1, -0.05) is 37.3 Å². The number of aromatic nitrogens is 2. The van der Waals surface area contributed by atoms with E-state index < -0.39 is 0 Å². The molecule has 0 amide bonds. The molecule has 1 aromatic carbocycles. The molecule has 21 heavy (non-hydrogen) atoms. The number of rotatable bonds is 5. The Labute approximate surface area is 127 Å². The Bertz CT molecular complexity index is 547. The van der Waals surface area contributed by atoms with Crippen molar-refractivity contribution in [3.05, 3.63) is 53.9 Å². The topological polar surface area (TPSA) is 29.9 Å². The van der Waals surface area contributed by atoms with Crippen molar-refractivity contribution in [2.45, 2.75) is 38.6 Å². The first-order valence-corrected chi connectivity index (χ1v) is 8.14. The van der Waals surface area contributed by atoms with E-state index in [1.807, 2.05) is 0 Å². The van der Waals surface area contributed by atoms with E-state index in [9.17, 15) is 0 Å². The molecule has 0 bridgehead atoms. The SMILES string of the molecule is CCCn1cc(C2CCNCC2Cc2ccccc2)cn1. The van der Waals surface area contributed by atoms with E-state index in [2.05, 4.69) is 64.7 Å². The van der Waals surface area contributed by atoms with Crippen LogP contribution in [0.1, 0.15) is 36.8 Å². The van der Waals surface area contributed by atoms with Crippen LogP contribution in [0.2, 0.25) is 0 Å². The van der Waals surface area contributed by atoms with Crippen molar-refractivity contribution >= 4 is 0 Å². The smallest absolute Gasteiger partial charge is 0.0524 e. The molecule has 2 aromatic rings. The number of benzene rings is 1. The van der Waals surface area contributed by atoms with Crippen LogP contribution < -0.4 is 5.32 Å². The second-order valence-corrected chi connectivity index (χ2v) is 6.09. The fraction of sp³-hybridized carbons (Fsp3) is 0.500. The van der Waals surface area contributed by atoms with E-state index in [1.54, 1.807) is 0 Å². The van der Waals surface area contributed by atoms with Crippen molar-refractivity contribution in [3.63, 3.8) is 0 Å². The summed E-state index contributed by atoms with van der Waals surface area (Å²) in [4.78, 5) is 0. The molecule has 0 saturated carbocycles. The molecule has 1 aliphatic rings. The van der Waals surface area contributed by atoms with Gasteiger partial charge in [-0.05, 0) is 55.3 Å². The van der Waals surface area contributed by atoms with Crippen molar-refractivity contribution in [2.24, 2.45) is 5.92 Å². The summed E-state index contributed by atoms with van der Waals surface area (Å²) in [5.74, 6) is 1.30. The number of nitrogens with zero attached hydrogens (tertiary/aromatic N) is 2. The fourth-order valence-corrected chi connectivity index (χ4v) is 3.42. The van der Waals surface area contributed by atoms with Crippen molar-refractivity contribution in [3.8, 4) is 0 Å². The minimum Gasteiger partial charge on any atom is -0.316 e. The van der Waals surface area contributed by atoms with Gasteiger partial charge >= 0.3 is 0 Å². The van der Waals surface area contributed by atoms with Gasteiger partial charge in [0.25, 0.3) is 0 Å². The van der Waals surface area contributed by atoms with E-state index >= 15 is 0 Å². The maximum Gasteiger partial charge on any atom is 0.0524 e. The summed E-state index contributed by atoms with van der Waals surface area (Å²) in [5, 5.41) is 8.08. The molecule has 1 saturated heterocycles. The van der Waals surface area contributed by atoms with Crippen LogP contribution in [-0.4, -0.2) is 22.9 Å². The zero-order chi connectivity index (χ0) is 14.5. The summed E-state index contributed by atoms with van der Waals surface area (Å²) in [6.45, 7) is 5.45. The van der Waals surface area contributed by atoms with Gasteiger partial charge in [0.1, 0.15) is 0 Å². The highest BCUT2D eigenvalue weighted by Crippen LogP contribution is 2.32. The third kappa shape index (κ3) is 3.53. The molecule has 1 N–H and O–H groups in total. The van der Waals surface area contributed by atoms with Crippen LogP contribution in [0.15, 0.2) is 42.7 Å². The molecule has 2 unspecified atom stereocenters. The summed E-state index contributed by atoms with van der Waals surface area (Å²) >= 11 is 0. The highest BCUT2D eigenvalue weighted by Gasteiger charge is 2.27. The van der Waals surface area contributed by atoms with Gasteiger partial charge < -0.3 is 5.32 Å². The van der Waals surface area contributed by atoms with Gasteiger partial charge in [-0.15, -0.1) is 0 Å². The number of hydrogen-bond acceptors (Lipinski definition) is 2. The number of aryl methyl sites for hydroxylation is 1. The molecule has 3 rings (SSSR count). The maximum absolute atomic E-state index is 4.52. The Morgan fingerprint density at radius 2 is 2.14 bits per heavy atom. The Morgan fingerprint density at radius 1 is 1.29 bits per heavy atom. The number of hydrogen-bond donors (Lipinski definition) is 1. The third-order valence-corrected chi connectivity index (χ3v) is 4.48. The minimum atomic E-state index is 0.636. The molecule has 0 aliphatic carbocycles. The van der Waals surface area contributed by atoms with Crippen molar-refractivity contribution in [2.75, 3.05) is 13.1 Å². The lowest BCUT2D eigenvalue weighted by Crippen LogP contribution is -2.36. The van der Waals surface area contributed by atoms with Gasteiger partial charge in [-0.3, -0.25) is 4.68 Å². The van der Waals surface area contributed by atoms with Crippen LogP contribution in [0.4, 0.5) is 0 Å². The average Bonchev–Trinajstić information content (AvgIpc) is 2.98. The zero-order valence-electron chi connectivity index (χ0n) is 12.8. The summed E-state index contributed by atoms with van der Waals surface area (Å²) in [6, 6.07) is 10.9. The lowest BCUT2D eigenvalue weighted by molar-refractivity contribution is 0.324. The standard InChI is InChI=1S/C18H25N3/c1-2-10-21-14-17(13-20-21)18-8-9-19-12-16(18)11-15-6-4-3-5-7-15/h3-7,13-14,16,18-19H,2,8-12H2,1H3. The predicted octanol–water partition coefficient (Wildman–Crippen LogP) is 3.23. The predicted molar refractivity (Wildman–Crippen MR) is 86.4 cm³/mol. The molecule has 1 aliphatic heterocycles. The Morgan fingerprint density at radius 3 is 2.95 bits per heavy atom. The fourth-order valence-electron chi connectivity index (χ4n) is 3.42. The van der Waals surface area contributed by atoms with Crippen molar-refractivity contribution < 1.29 is 0 Å². The molecule has 1 fully saturated rings. The van der Waals surface area contributed by atoms with Crippen molar-refractivity contribution in [1.29, 1.82) is 0 Å². The molecule has 1 aromatic heterocycles. The molecule has 0 spiro atoms. The average molecular weight is 283 g/mol. The maximum atomic E-state index is 4.52. The molecule has 112 valence electrons. The van der Waals surface area contributed by atoms with Crippen LogP contribution >= 0.6 is 0 Å². The van der Waals surface area contributed by atoms with Gasteiger partial charge in [0.05, 0.1) is 6.20 Å². The summed E-state index contributed by atoms with van der Waals surface area (Å²) in [7, 11) is 0. The Hall–Kier alpha value is -1.61. The molecule has 3 nitrogen and oxygen atoms in total. The minimum absolute atomic E-state index is 0.636. The van der Waals surface area contributed by atoms with Crippen LogP contribution in [0.5, 0.6) is 0 Å².